The number of pyridine rings is 1. The van der Waals surface area contributed by atoms with Gasteiger partial charge in [-0.2, -0.15) is 0 Å². The van der Waals surface area contributed by atoms with E-state index < -0.39 is 0 Å². The monoisotopic (exact) mass is 268 g/mol. The van der Waals surface area contributed by atoms with E-state index in [1.807, 2.05) is 20.8 Å². The third-order valence-corrected chi connectivity index (χ3v) is 2.41. The largest absolute Gasteiger partial charge is 0.489 e. The van der Waals surface area contributed by atoms with Gasteiger partial charge in [0.1, 0.15) is 11.4 Å². The van der Waals surface area contributed by atoms with Crippen LogP contribution < -0.4 is 10.1 Å². The fraction of sp³-hybridized carbons (Fsp3) is 0.600. The summed E-state index contributed by atoms with van der Waals surface area (Å²) < 4.78 is 5.68. The van der Waals surface area contributed by atoms with Crippen LogP contribution in [0.4, 0.5) is 0 Å². The molecule has 1 atom stereocenters. The molecule has 0 aromatic carbocycles. The Labute approximate surface area is 118 Å². The molecule has 1 N–H and O–H groups in total. The predicted octanol–water partition coefficient (Wildman–Crippen LogP) is 3.32. The Kier molecular flexibility index (Phi) is 9.71. The van der Waals surface area contributed by atoms with Gasteiger partial charge in [0.05, 0.1) is 12.3 Å². The van der Waals surface area contributed by atoms with Gasteiger partial charge in [-0.1, -0.05) is 20.8 Å². The van der Waals surface area contributed by atoms with Crippen LogP contribution in [0.5, 0.6) is 5.75 Å². The first-order valence-corrected chi connectivity index (χ1v) is 6.97. The van der Waals surface area contributed by atoms with Crippen molar-refractivity contribution in [1.82, 2.24) is 10.3 Å². The lowest BCUT2D eigenvalue weighted by Crippen LogP contribution is -2.22. The summed E-state index contributed by atoms with van der Waals surface area (Å²) in [5.41, 5.74) is 0.470. The Morgan fingerprint density at radius 1 is 1.47 bits per heavy atom. The maximum Gasteiger partial charge on any atom is 0.178 e. The van der Waals surface area contributed by atoms with Crippen molar-refractivity contribution in [1.29, 1.82) is 0 Å². The molecule has 19 heavy (non-hydrogen) atoms. The van der Waals surface area contributed by atoms with Crippen molar-refractivity contribution in [3.63, 3.8) is 0 Å². The van der Waals surface area contributed by atoms with Crippen LogP contribution in [0.3, 0.4) is 0 Å². The zero-order valence-electron chi connectivity index (χ0n) is 12.7. The highest BCUT2D eigenvalue weighted by Crippen LogP contribution is 2.12. The number of rotatable bonds is 7. The number of carbonyl (C=O) groups is 1. The Morgan fingerprint density at radius 2 is 2.16 bits per heavy atom. The molecule has 0 fully saturated rings. The molecule has 0 aliphatic rings. The standard InChI is InChI=1S/C13H20N2O2.C2H6.H2/c1-4-14-8-7-10(2)17-12-5-6-13(11(3)16)15-9-12;1-2;/h5-6,9-10,14H,4,7-8H2,1-3H3;1-2H3;1H. The lowest BCUT2D eigenvalue weighted by Gasteiger charge is -2.14. The van der Waals surface area contributed by atoms with Crippen LogP contribution >= 0.6 is 0 Å². The third kappa shape index (κ3) is 7.57. The number of aromatic nitrogens is 1. The average molecular weight is 268 g/mol. The summed E-state index contributed by atoms with van der Waals surface area (Å²) in [7, 11) is 0. The molecule has 1 aromatic heterocycles. The van der Waals surface area contributed by atoms with Crippen LogP contribution in [0.15, 0.2) is 18.3 Å². The lowest BCUT2D eigenvalue weighted by molar-refractivity contribution is 0.101. The zero-order valence-corrected chi connectivity index (χ0v) is 12.7. The minimum Gasteiger partial charge on any atom is -0.489 e. The first kappa shape index (κ1) is 17.6. The zero-order chi connectivity index (χ0) is 14.7. The van der Waals surface area contributed by atoms with Crippen LogP contribution in [0.1, 0.15) is 53.0 Å². The minimum atomic E-state index is -0.0308. The molecule has 0 bridgehead atoms. The number of hydrogen-bond acceptors (Lipinski definition) is 4. The number of nitrogens with zero attached hydrogens (tertiary/aromatic N) is 1. The van der Waals surface area contributed by atoms with Crippen molar-refractivity contribution in [3.05, 3.63) is 24.0 Å². The van der Waals surface area contributed by atoms with E-state index in [4.69, 9.17) is 4.74 Å². The molecule has 1 aromatic rings. The number of carbonyl (C=O) groups excluding carboxylic acids is 1. The number of Topliss-reactive ketones (excluding diaryl/α,β-unsaturated/α-hetero) is 1. The van der Waals surface area contributed by atoms with Crippen molar-refractivity contribution >= 4 is 5.78 Å². The second kappa shape index (κ2) is 10.5. The molecule has 4 nitrogen and oxygen atoms in total. The van der Waals surface area contributed by atoms with Gasteiger partial charge in [-0.3, -0.25) is 4.79 Å². The molecular formula is C15H28N2O2. The van der Waals surface area contributed by atoms with E-state index >= 15 is 0 Å². The van der Waals surface area contributed by atoms with Crippen molar-refractivity contribution in [2.75, 3.05) is 13.1 Å². The highest BCUT2D eigenvalue weighted by atomic mass is 16.5. The second-order valence-corrected chi connectivity index (χ2v) is 4.01. The molecule has 1 rings (SSSR count). The summed E-state index contributed by atoms with van der Waals surface area (Å²) in [6, 6.07) is 3.47. The summed E-state index contributed by atoms with van der Waals surface area (Å²) in [6.07, 6.45) is 2.68. The van der Waals surface area contributed by atoms with Crippen LogP contribution in [0, 0.1) is 0 Å². The van der Waals surface area contributed by atoms with Gasteiger partial charge < -0.3 is 10.1 Å². The maximum absolute atomic E-state index is 11.0. The maximum atomic E-state index is 11.0. The van der Waals surface area contributed by atoms with Gasteiger partial charge in [-0.25, -0.2) is 4.98 Å². The molecule has 1 unspecified atom stereocenters. The molecule has 0 saturated heterocycles. The quantitative estimate of drug-likeness (QED) is 0.609. The molecule has 0 aliphatic heterocycles. The van der Waals surface area contributed by atoms with Crippen molar-refractivity contribution in [2.24, 2.45) is 0 Å². The van der Waals surface area contributed by atoms with Crippen LogP contribution in [-0.4, -0.2) is 30.0 Å². The van der Waals surface area contributed by atoms with Crippen LogP contribution in [0.25, 0.3) is 0 Å². The fourth-order valence-electron chi connectivity index (χ4n) is 1.43. The Bertz CT molecular complexity index is 355. The summed E-state index contributed by atoms with van der Waals surface area (Å²) in [5.74, 6) is 0.677. The summed E-state index contributed by atoms with van der Waals surface area (Å²) in [4.78, 5) is 15.1. The second-order valence-electron chi connectivity index (χ2n) is 4.01. The van der Waals surface area contributed by atoms with Gasteiger partial charge in [-0.15, -0.1) is 0 Å². The molecule has 4 heteroatoms. The summed E-state index contributed by atoms with van der Waals surface area (Å²) >= 11 is 0. The molecule has 0 spiro atoms. The van der Waals surface area contributed by atoms with E-state index in [0.29, 0.717) is 11.4 Å². The van der Waals surface area contributed by atoms with Gasteiger partial charge in [-0.05, 0) is 38.6 Å². The normalized spacial score (nSPS) is 11.2. The molecule has 1 heterocycles. The molecule has 0 radical (unpaired) electrons. The first-order chi connectivity index (χ1) is 9.13. The average Bonchev–Trinajstić information content (AvgIpc) is 2.42. The molecule has 0 amide bonds. The van der Waals surface area contributed by atoms with Crippen molar-refractivity contribution in [3.8, 4) is 5.75 Å². The van der Waals surface area contributed by atoms with Gasteiger partial charge >= 0.3 is 0 Å². The molecule has 0 saturated carbocycles. The Hall–Kier alpha value is -1.42. The third-order valence-electron chi connectivity index (χ3n) is 2.41. The minimum absolute atomic E-state index is 0. The van der Waals surface area contributed by atoms with Crippen LogP contribution in [0.2, 0.25) is 0 Å². The van der Waals surface area contributed by atoms with E-state index in [9.17, 15) is 4.79 Å². The number of ketones is 1. The lowest BCUT2D eigenvalue weighted by atomic mass is 10.2. The van der Waals surface area contributed by atoms with E-state index in [0.717, 1.165) is 19.5 Å². The van der Waals surface area contributed by atoms with Gasteiger partial charge in [0.25, 0.3) is 0 Å². The molecule has 110 valence electrons. The van der Waals surface area contributed by atoms with E-state index in [1.54, 1.807) is 18.3 Å². The topological polar surface area (TPSA) is 51.2 Å². The summed E-state index contributed by atoms with van der Waals surface area (Å²) in [5, 5.41) is 3.25. The number of hydrogen-bond donors (Lipinski definition) is 1. The van der Waals surface area contributed by atoms with Crippen molar-refractivity contribution < 1.29 is 11.0 Å². The molecule has 0 aliphatic carbocycles. The Balaban J connectivity index is 0. The SMILES string of the molecule is CC.CCNCCC(C)Oc1ccc(C(C)=O)nc1.[HH]. The Morgan fingerprint density at radius 3 is 2.63 bits per heavy atom. The summed E-state index contributed by atoms with van der Waals surface area (Å²) in [6.45, 7) is 11.5. The van der Waals surface area contributed by atoms with E-state index in [-0.39, 0.29) is 13.3 Å². The number of ether oxygens (including phenoxy) is 1. The van der Waals surface area contributed by atoms with Gasteiger partial charge in [0.15, 0.2) is 5.78 Å². The van der Waals surface area contributed by atoms with Crippen LogP contribution in [-0.2, 0) is 0 Å². The highest BCUT2D eigenvalue weighted by Gasteiger charge is 2.05. The van der Waals surface area contributed by atoms with Crippen molar-refractivity contribution in [2.45, 2.75) is 47.1 Å². The first-order valence-electron chi connectivity index (χ1n) is 6.97. The fourth-order valence-corrected chi connectivity index (χ4v) is 1.43. The van der Waals surface area contributed by atoms with Gasteiger partial charge in [0, 0.05) is 8.35 Å². The smallest absolute Gasteiger partial charge is 0.178 e. The molecular weight excluding hydrogens is 240 g/mol. The van der Waals surface area contributed by atoms with E-state index in [1.165, 1.54) is 6.92 Å². The van der Waals surface area contributed by atoms with Gasteiger partial charge in [0.2, 0.25) is 0 Å². The number of nitrogens with one attached hydrogen (secondary N) is 1. The highest BCUT2D eigenvalue weighted by molar-refractivity contribution is 5.92. The predicted molar refractivity (Wildman–Crippen MR) is 81.0 cm³/mol. The van der Waals surface area contributed by atoms with E-state index in [2.05, 4.69) is 17.2 Å².